The van der Waals surface area contributed by atoms with Crippen LogP contribution in [0.5, 0.6) is 0 Å². The van der Waals surface area contributed by atoms with E-state index in [9.17, 15) is 9.59 Å². The van der Waals surface area contributed by atoms with Crippen molar-refractivity contribution in [2.24, 2.45) is 0 Å². The average molecular weight is 303 g/mol. The fraction of sp³-hybridized carbons (Fsp3) is 0.143. The molecular weight excluding hydrogens is 290 g/mol. The van der Waals surface area contributed by atoms with Gasteiger partial charge in [-0.25, -0.2) is 9.78 Å². The van der Waals surface area contributed by atoms with E-state index >= 15 is 0 Å². The van der Waals surface area contributed by atoms with Crippen molar-refractivity contribution in [3.05, 3.63) is 47.2 Å². The zero-order valence-corrected chi connectivity index (χ0v) is 12.1. The highest BCUT2D eigenvalue weighted by molar-refractivity contribution is 7.13. The maximum absolute atomic E-state index is 11.5. The van der Waals surface area contributed by atoms with Crippen molar-refractivity contribution < 1.29 is 14.3 Å². The van der Waals surface area contributed by atoms with Gasteiger partial charge in [0.1, 0.15) is 6.61 Å². The van der Waals surface area contributed by atoms with Crippen LogP contribution in [0, 0.1) is 0 Å². The lowest BCUT2D eigenvalue weighted by Crippen LogP contribution is -2.06. The Labute approximate surface area is 125 Å². The number of pyridine rings is 1. The number of carbonyl (C=O) groups excluding carboxylic acids is 2. The van der Waals surface area contributed by atoms with Gasteiger partial charge in [0.15, 0.2) is 5.13 Å². The molecule has 2 heterocycles. The molecule has 21 heavy (non-hydrogen) atoms. The number of esters is 1. The van der Waals surface area contributed by atoms with E-state index in [1.54, 1.807) is 29.8 Å². The number of amides is 1. The van der Waals surface area contributed by atoms with Crippen molar-refractivity contribution in [3.8, 4) is 0 Å². The first-order valence-electron chi connectivity index (χ1n) is 6.11. The van der Waals surface area contributed by atoms with E-state index in [0.29, 0.717) is 16.5 Å². The average Bonchev–Trinajstić information content (AvgIpc) is 2.91. The van der Waals surface area contributed by atoms with Crippen molar-refractivity contribution in [3.63, 3.8) is 0 Å². The lowest BCUT2D eigenvalue weighted by atomic mass is 10.3. The van der Waals surface area contributed by atoms with Gasteiger partial charge >= 0.3 is 5.97 Å². The second-order valence-corrected chi connectivity index (χ2v) is 4.88. The number of ether oxygens (including phenoxy) is 1. The van der Waals surface area contributed by atoms with Crippen LogP contribution in [0.4, 0.5) is 5.13 Å². The molecule has 2 rings (SSSR count). The molecule has 0 fully saturated rings. The minimum Gasteiger partial charge on any atom is -0.456 e. The predicted molar refractivity (Wildman–Crippen MR) is 79.5 cm³/mol. The van der Waals surface area contributed by atoms with Crippen molar-refractivity contribution in [2.75, 3.05) is 5.32 Å². The Hall–Kier alpha value is -2.54. The molecule has 0 aliphatic carbocycles. The fourth-order valence-corrected chi connectivity index (χ4v) is 2.14. The molecule has 0 atom stereocenters. The molecule has 108 valence electrons. The fourth-order valence-electron chi connectivity index (χ4n) is 1.40. The summed E-state index contributed by atoms with van der Waals surface area (Å²) in [6.07, 6.45) is 4.53. The summed E-state index contributed by atoms with van der Waals surface area (Å²) in [5, 5.41) is 4.77. The maximum Gasteiger partial charge on any atom is 0.331 e. The third-order valence-electron chi connectivity index (χ3n) is 2.27. The number of rotatable bonds is 5. The first-order chi connectivity index (χ1) is 10.1. The Kier molecular flexibility index (Phi) is 5.16. The van der Waals surface area contributed by atoms with Gasteiger partial charge in [-0.05, 0) is 18.2 Å². The SMILES string of the molecule is CC(=O)Nc1nc(COC(=O)/C=C/c2ccccn2)cs1. The quantitative estimate of drug-likeness (QED) is 0.677. The predicted octanol–water partition coefficient (Wildman–Crippen LogP) is 2.25. The van der Waals surface area contributed by atoms with Crippen molar-refractivity contribution in [1.82, 2.24) is 9.97 Å². The maximum atomic E-state index is 11.5. The van der Waals surface area contributed by atoms with E-state index in [1.165, 1.54) is 24.3 Å². The first kappa shape index (κ1) is 14.9. The summed E-state index contributed by atoms with van der Waals surface area (Å²) < 4.78 is 5.05. The Balaban J connectivity index is 1.82. The Morgan fingerprint density at radius 3 is 3.00 bits per heavy atom. The van der Waals surface area contributed by atoms with Gasteiger partial charge in [-0.2, -0.15) is 0 Å². The molecule has 1 N–H and O–H groups in total. The van der Waals surface area contributed by atoms with Crippen LogP contribution in [0.25, 0.3) is 6.08 Å². The zero-order valence-electron chi connectivity index (χ0n) is 11.3. The molecular formula is C14H13N3O3S. The molecule has 2 aromatic rings. The highest BCUT2D eigenvalue weighted by atomic mass is 32.1. The van der Waals surface area contributed by atoms with Gasteiger partial charge in [0.25, 0.3) is 0 Å². The zero-order chi connectivity index (χ0) is 15.1. The number of aromatic nitrogens is 2. The topological polar surface area (TPSA) is 81.2 Å². The van der Waals surface area contributed by atoms with Crippen LogP contribution >= 0.6 is 11.3 Å². The van der Waals surface area contributed by atoms with Gasteiger partial charge < -0.3 is 10.1 Å². The lowest BCUT2D eigenvalue weighted by Gasteiger charge is -1.98. The van der Waals surface area contributed by atoms with E-state index < -0.39 is 5.97 Å². The Morgan fingerprint density at radius 2 is 2.29 bits per heavy atom. The number of nitrogens with zero attached hydrogens (tertiary/aromatic N) is 2. The smallest absolute Gasteiger partial charge is 0.331 e. The lowest BCUT2D eigenvalue weighted by molar-refractivity contribution is -0.139. The minimum absolute atomic E-state index is 0.0570. The second kappa shape index (κ2) is 7.30. The number of hydrogen-bond donors (Lipinski definition) is 1. The monoisotopic (exact) mass is 303 g/mol. The van der Waals surface area contributed by atoms with Crippen molar-refractivity contribution >= 4 is 34.4 Å². The van der Waals surface area contributed by atoms with E-state index in [1.807, 2.05) is 6.07 Å². The number of nitrogens with one attached hydrogen (secondary N) is 1. The second-order valence-electron chi connectivity index (χ2n) is 4.02. The standard InChI is InChI=1S/C14H13N3O3S/c1-10(18)16-14-17-12(9-21-14)8-20-13(19)6-5-11-4-2-3-7-15-11/h2-7,9H,8H2,1H3,(H,16,17,18)/b6-5+. The minimum atomic E-state index is -0.477. The summed E-state index contributed by atoms with van der Waals surface area (Å²) in [5.41, 5.74) is 1.26. The molecule has 7 heteroatoms. The molecule has 0 aromatic carbocycles. The van der Waals surface area contributed by atoms with E-state index in [-0.39, 0.29) is 12.5 Å². The largest absolute Gasteiger partial charge is 0.456 e. The Bertz CT molecular complexity index is 652. The molecule has 0 unspecified atom stereocenters. The molecule has 0 saturated carbocycles. The van der Waals surface area contributed by atoms with Crippen LogP contribution in [0.1, 0.15) is 18.3 Å². The summed E-state index contributed by atoms with van der Waals surface area (Å²) in [7, 11) is 0. The molecule has 0 saturated heterocycles. The first-order valence-corrected chi connectivity index (χ1v) is 6.99. The molecule has 0 radical (unpaired) electrons. The van der Waals surface area contributed by atoms with Gasteiger partial charge in [-0.3, -0.25) is 9.78 Å². The molecule has 0 aliphatic heterocycles. The summed E-state index contributed by atoms with van der Waals surface area (Å²) in [4.78, 5) is 30.6. The van der Waals surface area contributed by atoms with E-state index in [4.69, 9.17) is 4.74 Å². The third kappa shape index (κ3) is 5.15. The highest BCUT2D eigenvalue weighted by Gasteiger charge is 2.05. The molecule has 0 aliphatic rings. The van der Waals surface area contributed by atoms with Crippen LogP contribution < -0.4 is 5.32 Å². The molecule has 6 nitrogen and oxygen atoms in total. The van der Waals surface area contributed by atoms with E-state index in [2.05, 4.69) is 15.3 Å². The van der Waals surface area contributed by atoms with Gasteiger partial charge in [0.05, 0.1) is 11.4 Å². The van der Waals surface area contributed by atoms with Crippen LogP contribution in [-0.2, 0) is 20.9 Å². The number of anilines is 1. The highest BCUT2D eigenvalue weighted by Crippen LogP contribution is 2.15. The molecule has 1 amide bonds. The van der Waals surface area contributed by atoms with Gasteiger partial charge in [0.2, 0.25) is 5.91 Å². The van der Waals surface area contributed by atoms with Crippen LogP contribution in [-0.4, -0.2) is 21.8 Å². The molecule has 2 aromatic heterocycles. The van der Waals surface area contributed by atoms with Gasteiger partial charge in [-0.15, -0.1) is 11.3 Å². The van der Waals surface area contributed by atoms with Gasteiger partial charge in [-0.1, -0.05) is 6.07 Å². The van der Waals surface area contributed by atoms with Crippen molar-refractivity contribution in [2.45, 2.75) is 13.5 Å². The Morgan fingerprint density at radius 1 is 1.43 bits per heavy atom. The van der Waals surface area contributed by atoms with Gasteiger partial charge in [0, 0.05) is 24.6 Å². The summed E-state index contributed by atoms with van der Waals surface area (Å²) in [6.45, 7) is 1.46. The van der Waals surface area contributed by atoms with E-state index in [0.717, 1.165) is 0 Å². The summed E-state index contributed by atoms with van der Waals surface area (Å²) >= 11 is 1.28. The van der Waals surface area contributed by atoms with Crippen LogP contribution in [0.15, 0.2) is 35.9 Å². The van der Waals surface area contributed by atoms with Crippen LogP contribution in [0.2, 0.25) is 0 Å². The normalized spacial score (nSPS) is 10.5. The number of hydrogen-bond acceptors (Lipinski definition) is 6. The summed E-state index contributed by atoms with van der Waals surface area (Å²) in [5.74, 6) is -0.666. The summed E-state index contributed by atoms with van der Waals surface area (Å²) in [6, 6.07) is 5.41. The van der Waals surface area contributed by atoms with Crippen LogP contribution in [0.3, 0.4) is 0 Å². The molecule has 0 spiro atoms. The number of carbonyl (C=O) groups is 2. The molecule has 0 bridgehead atoms. The van der Waals surface area contributed by atoms with Crippen molar-refractivity contribution in [1.29, 1.82) is 0 Å². The third-order valence-corrected chi connectivity index (χ3v) is 3.08. The number of thiazole rings is 1.